The number of carbonyl (C=O) groups is 1. The van der Waals surface area contributed by atoms with Crippen molar-refractivity contribution >= 4 is 35.3 Å². The van der Waals surface area contributed by atoms with Gasteiger partial charge in [-0.2, -0.15) is 0 Å². The minimum absolute atomic E-state index is 0. The van der Waals surface area contributed by atoms with Gasteiger partial charge < -0.3 is 10.2 Å². The zero-order valence-corrected chi connectivity index (χ0v) is 12.8. The molecule has 4 nitrogen and oxygen atoms in total. The average Bonchev–Trinajstić information content (AvgIpc) is 2.74. The molecule has 0 fully saturated rings. The number of aromatic nitrogens is 1. The number of anilines is 1. The molecule has 2 aromatic rings. The van der Waals surface area contributed by atoms with Crippen molar-refractivity contribution in [3.8, 4) is 0 Å². The van der Waals surface area contributed by atoms with Crippen LogP contribution < -0.4 is 10.2 Å². The van der Waals surface area contributed by atoms with Gasteiger partial charge in [-0.3, -0.25) is 4.79 Å². The number of hydrogen-bond acceptors (Lipinski definition) is 4. The van der Waals surface area contributed by atoms with E-state index < -0.39 is 0 Å². The van der Waals surface area contributed by atoms with Crippen LogP contribution in [-0.4, -0.2) is 24.0 Å². The minimum atomic E-state index is 0. The van der Waals surface area contributed by atoms with Gasteiger partial charge in [-0.1, -0.05) is 18.2 Å². The highest BCUT2D eigenvalue weighted by molar-refractivity contribution is 7.13. The predicted molar refractivity (Wildman–Crippen MR) is 83.9 cm³/mol. The quantitative estimate of drug-likeness (QED) is 0.881. The van der Waals surface area contributed by atoms with E-state index >= 15 is 0 Å². The van der Waals surface area contributed by atoms with E-state index in [2.05, 4.69) is 16.4 Å². The zero-order chi connectivity index (χ0) is 13.2. The molecule has 1 aromatic heterocycles. The summed E-state index contributed by atoms with van der Waals surface area (Å²) in [7, 11) is 0. The van der Waals surface area contributed by atoms with E-state index in [-0.39, 0.29) is 18.3 Å². The molecular formula is C14H16ClN3OS. The van der Waals surface area contributed by atoms with Crippen LogP contribution in [0.5, 0.6) is 0 Å². The Kier molecular flexibility index (Phi) is 4.75. The van der Waals surface area contributed by atoms with Crippen LogP contribution in [0.2, 0.25) is 0 Å². The third-order valence-corrected chi connectivity index (χ3v) is 4.09. The second-order valence-corrected chi connectivity index (χ2v) is 5.74. The Hall–Kier alpha value is -1.43. The highest BCUT2D eigenvalue weighted by Gasteiger charge is 2.23. The first-order chi connectivity index (χ1) is 9.25. The summed E-state index contributed by atoms with van der Waals surface area (Å²) in [4.78, 5) is 19.3. The fraction of sp³-hybridized carbons (Fsp3) is 0.286. The van der Waals surface area contributed by atoms with E-state index in [4.69, 9.17) is 0 Å². The summed E-state index contributed by atoms with van der Waals surface area (Å²) in [6.45, 7) is 4.21. The maximum atomic E-state index is 12.6. The normalized spacial score (nSPS) is 14.2. The molecule has 1 N–H and O–H groups in total. The van der Waals surface area contributed by atoms with Crippen LogP contribution in [0.4, 0.5) is 5.69 Å². The third-order valence-electron chi connectivity index (χ3n) is 3.19. The van der Waals surface area contributed by atoms with Gasteiger partial charge in [0.15, 0.2) is 0 Å². The molecule has 0 unspecified atom stereocenters. The number of benzene rings is 1. The van der Waals surface area contributed by atoms with Crippen LogP contribution in [0.3, 0.4) is 0 Å². The van der Waals surface area contributed by atoms with Crippen LogP contribution in [0.1, 0.15) is 20.2 Å². The molecule has 0 radical (unpaired) electrons. The second kappa shape index (κ2) is 6.35. The molecule has 3 rings (SSSR count). The fourth-order valence-corrected chi connectivity index (χ4v) is 2.99. The van der Waals surface area contributed by atoms with Gasteiger partial charge in [-0.25, -0.2) is 4.98 Å². The van der Waals surface area contributed by atoms with Gasteiger partial charge in [0.25, 0.3) is 5.91 Å². The van der Waals surface area contributed by atoms with Crippen molar-refractivity contribution < 1.29 is 4.79 Å². The third kappa shape index (κ3) is 2.85. The fourth-order valence-electron chi connectivity index (χ4n) is 2.26. The number of nitrogens with one attached hydrogen (secondary N) is 1. The molecule has 0 aliphatic carbocycles. The number of rotatable bonds is 1. The summed E-state index contributed by atoms with van der Waals surface area (Å²) in [6, 6.07) is 8.05. The molecule has 1 aliphatic rings. The molecule has 0 saturated carbocycles. The summed E-state index contributed by atoms with van der Waals surface area (Å²) < 4.78 is 0. The lowest BCUT2D eigenvalue weighted by Gasteiger charge is -2.21. The van der Waals surface area contributed by atoms with E-state index in [0.29, 0.717) is 11.4 Å². The SMILES string of the molecule is Cc1ncc(C(=O)N2CCNCc3ccccc32)s1.Cl. The molecule has 1 aliphatic heterocycles. The van der Waals surface area contributed by atoms with Gasteiger partial charge in [0.1, 0.15) is 4.88 Å². The molecule has 0 bridgehead atoms. The molecule has 0 spiro atoms. The number of aryl methyl sites for hydroxylation is 1. The van der Waals surface area contributed by atoms with Gasteiger partial charge in [-0.15, -0.1) is 23.7 Å². The zero-order valence-electron chi connectivity index (χ0n) is 11.1. The number of amides is 1. The van der Waals surface area contributed by atoms with Crippen LogP contribution in [-0.2, 0) is 6.54 Å². The number of hydrogen-bond donors (Lipinski definition) is 1. The van der Waals surface area contributed by atoms with E-state index in [1.807, 2.05) is 30.0 Å². The van der Waals surface area contributed by atoms with Crippen LogP contribution in [0.15, 0.2) is 30.5 Å². The molecule has 1 amide bonds. The van der Waals surface area contributed by atoms with Crippen molar-refractivity contribution in [2.75, 3.05) is 18.0 Å². The molecule has 1 aromatic carbocycles. The lowest BCUT2D eigenvalue weighted by Crippen LogP contribution is -2.34. The minimum Gasteiger partial charge on any atom is -0.311 e. The Morgan fingerprint density at radius 2 is 2.20 bits per heavy atom. The van der Waals surface area contributed by atoms with Crippen LogP contribution >= 0.6 is 23.7 Å². The molecule has 0 atom stereocenters. The number of fused-ring (bicyclic) bond motifs is 1. The summed E-state index contributed by atoms with van der Waals surface area (Å²) in [5.74, 6) is 0.0433. The van der Waals surface area contributed by atoms with Crippen molar-refractivity contribution in [2.24, 2.45) is 0 Å². The largest absolute Gasteiger partial charge is 0.311 e. The van der Waals surface area contributed by atoms with E-state index in [1.54, 1.807) is 6.20 Å². The Bertz CT molecular complexity index is 614. The Morgan fingerprint density at radius 1 is 1.40 bits per heavy atom. The Labute approximate surface area is 128 Å². The van der Waals surface area contributed by atoms with Crippen molar-refractivity contribution in [2.45, 2.75) is 13.5 Å². The Morgan fingerprint density at radius 3 is 2.95 bits per heavy atom. The molecule has 106 valence electrons. The molecule has 6 heteroatoms. The number of para-hydroxylation sites is 1. The lowest BCUT2D eigenvalue weighted by atomic mass is 10.1. The summed E-state index contributed by atoms with van der Waals surface area (Å²) >= 11 is 1.45. The number of nitrogens with zero attached hydrogens (tertiary/aromatic N) is 2. The van der Waals surface area contributed by atoms with E-state index in [0.717, 1.165) is 29.3 Å². The number of carbonyl (C=O) groups excluding carboxylic acids is 1. The maximum Gasteiger partial charge on any atom is 0.270 e. The molecule has 20 heavy (non-hydrogen) atoms. The first kappa shape index (κ1) is 15.0. The highest BCUT2D eigenvalue weighted by Crippen LogP contribution is 2.25. The summed E-state index contributed by atoms with van der Waals surface area (Å²) in [5, 5.41) is 4.26. The first-order valence-corrected chi connectivity index (χ1v) is 7.10. The number of halogens is 1. The van der Waals surface area contributed by atoms with Gasteiger partial charge in [-0.05, 0) is 18.6 Å². The van der Waals surface area contributed by atoms with Crippen LogP contribution in [0, 0.1) is 6.92 Å². The maximum absolute atomic E-state index is 12.6. The first-order valence-electron chi connectivity index (χ1n) is 6.28. The van der Waals surface area contributed by atoms with Crippen molar-refractivity contribution in [3.05, 3.63) is 45.9 Å². The smallest absolute Gasteiger partial charge is 0.270 e. The van der Waals surface area contributed by atoms with Gasteiger partial charge in [0.05, 0.1) is 11.2 Å². The van der Waals surface area contributed by atoms with Crippen molar-refractivity contribution in [1.29, 1.82) is 0 Å². The lowest BCUT2D eigenvalue weighted by molar-refractivity contribution is 0.0991. The highest BCUT2D eigenvalue weighted by atomic mass is 35.5. The standard InChI is InChI=1S/C14H15N3OS.ClH/c1-10-16-9-13(19-10)14(18)17-7-6-15-8-11-4-2-3-5-12(11)17;/h2-5,9,15H,6-8H2,1H3;1H. The topological polar surface area (TPSA) is 45.2 Å². The van der Waals surface area contributed by atoms with E-state index in [1.165, 1.54) is 11.3 Å². The molecule has 2 heterocycles. The molecule has 0 saturated heterocycles. The summed E-state index contributed by atoms with van der Waals surface area (Å²) in [5.41, 5.74) is 2.16. The monoisotopic (exact) mass is 309 g/mol. The average molecular weight is 310 g/mol. The van der Waals surface area contributed by atoms with Crippen molar-refractivity contribution in [1.82, 2.24) is 10.3 Å². The van der Waals surface area contributed by atoms with Gasteiger partial charge in [0.2, 0.25) is 0 Å². The van der Waals surface area contributed by atoms with Gasteiger partial charge in [0, 0.05) is 25.3 Å². The van der Waals surface area contributed by atoms with Gasteiger partial charge >= 0.3 is 0 Å². The molecular weight excluding hydrogens is 294 g/mol. The second-order valence-electron chi connectivity index (χ2n) is 4.51. The Balaban J connectivity index is 0.00000147. The predicted octanol–water partition coefficient (Wildman–Crippen LogP) is 2.62. The van der Waals surface area contributed by atoms with Crippen LogP contribution in [0.25, 0.3) is 0 Å². The van der Waals surface area contributed by atoms with Crippen molar-refractivity contribution in [3.63, 3.8) is 0 Å². The van der Waals surface area contributed by atoms with E-state index in [9.17, 15) is 4.79 Å². The summed E-state index contributed by atoms with van der Waals surface area (Å²) in [6.07, 6.45) is 1.67. The number of thiazole rings is 1.